The van der Waals surface area contributed by atoms with Gasteiger partial charge in [-0.1, -0.05) is 50.9 Å². The van der Waals surface area contributed by atoms with E-state index in [9.17, 15) is 31.9 Å². The number of hydrogen-bond donors (Lipinski definition) is 5. The molecule has 4 amide bonds. The van der Waals surface area contributed by atoms with Crippen molar-refractivity contribution in [1.82, 2.24) is 10.6 Å². The minimum absolute atomic E-state index is 0. The number of anilines is 2. The second-order valence-corrected chi connectivity index (χ2v) is 14.9. The van der Waals surface area contributed by atoms with Crippen LogP contribution >= 0.6 is 23.2 Å². The molecule has 0 bridgehead atoms. The first-order valence-corrected chi connectivity index (χ1v) is 17.0. The number of carbonyl (C=O) groups excluding carboxylic acids is 3. The number of rotatable bonds is 5. The monoisotopic (exact) mass is 896 g/mol. The fourth-order valence-corrected chi connectivity index (χ4v) is 7.01. The van der Waals surface area contributed by atoms with Crippen LogP contribution in [0.5, 0.6) is 0 Å². The summed E-state index contributed by atoms with van der Waals surface area (Å²) in [6.07, 6.45) is 0.913. The minimum atomic E-state index is -0.591. The Balaban J connectivity index is 0.000000235. The Hall–Kier alpha value is -3.46. The van der Waals surface area contributed by atoms with Gasteiger partial charge in [-0.3, -0.25) is 9.59 Å². The van der Waals surface area contributed by atoms with E-state index in [4.69, 9.17) is 28.9 Å². The predicted octanol–water partition coefficient (Wildman–Crippen LogP) is 8.88. The molecule has 0 heterocycles. The molecule has 0 saturated carbocycles. The van der Waals surface area contributed by atoms with E-state index in [1.807, 2.05) is 27.7 Å². The number of benzene rings is 4. The van der Waals surface area contributed by atoms with Crippen molar-refractivity contribution in [2.45, 2.75) is 52.6 Å². The van der Waals surface area contributed by atoms with Crippen LogP contribution in [0, 0.1) is 69.7 Å². The number of halogens is 6. The van der Waals surface area contributed by atoms with Gasteiger partial charge in [0.25, 0.3) is 11.8 Å². The zero-order valence-electron chi connectivity index (χ0n) is 29.5. The molecule has 15 heteroatoms. The maximum Gasteiger partial charge on any atom is 0.315 e. The first-order chi connectivity index (χ1) is 24.3. The summed E-state index contributed by atoms with van der Waals surface area (Å²) in [4.78, 5) is 37.2. The number of carbonyl (C=O) groups is 3. The molecular formula is C38H37Cl2F4LaN5O3. The maximum atomic E-state index is 14.6. The van der Waals surface area contributed by atoms with E-state index >= 15 is 0 Å². The molecule has 53 heavy (non-hydrogen) atoms. The third kappa shape index (κ3) is 8.93. The Kier molecular flexibility index (Phi) is 13.2. The van der Waals surface area contributed by atoms with Gasteiger partial charge in [-0.15, -0.1) is 0 Å². The third-order valence-corrected chi connectivity index (χ3v) is 10.0. The van der Waals surface area contributed by atoms with Crippen LogP contribution in [-0.4, -0.2) is 24.9 Å². The molecule has 6 N–H and O–H groups in total. The molecule has 0 aromatic heterocycles. The Morgan fingerprint density at radius 2 is 1.09 bits per heavy atom. The molecule has 4 aromatic carbocycles. The van der Waals surface area contributed by atoms with Crippen LogP contribution in [-0.2, 0) is 12.8 Å². The van der Waals surface area contributed by atoms with Crippen molar-refractivity contribution >= 4 is 52.4 Å². The van der Waals surface area contributed by atoms with Crippen molar-refractivity contribution in [2.75, 3.05) is 17.7 Å². The van der Waals surface area contributed by atoms with Crippen molar-refractivity contribution in [3.63, 3.8) is 0 Å². The van der Waals surface area contributed by atoms with Gasteiger partial charge in [-0.2, -0.15) is 0 Å². The van der Waals surface area contributed by atoms with E-state index in [1.165, 1.54) is 61.6 Å². The molecule has 6 rings (SSSR count). The quantitative estimate of drug-likeness (QED) is 0.129. The zero-order chi connectivity index (χ0) is 38.3. The number of hydrogen-bond acceptors (Lipinski definition) is 4. The number of fused-ring (bicyclic) bond motifs is 2. The summed E-state index contributed by atoms with van der Waals surface area (Å²) in [6, 6.07) is 11.6. The van der Waals surface area contributed by atoms with E-state index in [0.29, 0.717) is 57.6 Å². The summed E-state index contributed by atoms with van der Waals surface area (Å²) in [6.45, 7) is 7.68. The minimum Gasteiger partial charge on any atom is -0.341 e. The molecule has 8 nitrogen and oxygen atoms in total. The summed E-state index contributed by atoms with van der Waals surface area (Å²) in [5.41, 5.74) is 8.54. The summed E-state index contributed by atoms with van der Waals surface area (Å²) in [5.74, 6) is -2.90. The third-order valence-electron chi connectivity index (χ3n) is 9.44. The molecule has 0 spiro atoms. The van der Waals surface area contributed by atoms with Crippen molar-refractivity contribution in [3.8, 4) is 0 Å². The maximum absolute atomic E-state index is 14.6. The smallest absolute Gasteiger partial charge is 0.315 e. The van der Waals surface area contributed by atoms with Crippen LogP contribution in [0.25, 0.3) is 0 Å². The first-order valence-electron chi connectivity index (χ1n) is 16.2. The normalized spacial score (nSPS) is 17.3. The van der Waals surface area contributed by atoms with Crippen LogP contribution in [0.3, 0.4) is 0 Å². The van der Waals surface area contributed by atoms with Gasteiger partial charge in [0.2, 0.25) is 0 Å². The molecule has 4 aromatic rings. The zero-order valence-corrected chi connectivity index (χ0v) is 34.6. The van der Waals surface area contributed by atoms with Gasteiger partial charge >= 0.3 is 6.03 Å². The van der Waals surface area contributed by atoms with Gasteiger partial charge < -0.3 is 27.0 Å². The fourth-order valence-electron chi connectivity index (χ4n) is 6.65. The average molecular weight is 898 g/mol. The van der Waals surface area contributed by atoms with E-state index < -0.39 is 58.6 Å². The summed E-state index contributed by atoms with van der Waals surface area (Å²) >= 11 is 11.5. The molecule has 2 unspecified atom stereocenters. The molecular weight excluding hydrogens is 860 g/mol. The second kappa shape index (κ2) is 16.5. The number of urea groups is 1. The summed E-state index contributed by atoms with van der Waals surface area (Å²) in [5, 5.41) is 10.4. The summed E-state index contributed by atoms with van der Waals surface area (Å²) in [7, 11) is 1.48. The fraction of sp³-hybridized carbons (Fsp3) is 0.289. The molecule has 0 fully saturated rings. The van der Waals surface area contributed by atoms with Gasteiger partial charge in [0.15, 0.2) is 0 Å². The Bertz CT molecular complexity index is 2100. The summed E-state index contributed by atoms with van der Waals surface area (Å²) < 4.78 is 55.4. The topological polar surface area (TPSA) is 125 Å². The van der Waals surface area contributed by atoms with Crippen LogP contribution in [0.1, 0.15) is 82.7 Å². The number of amides is 4. The molecule has 1 radical (unpaired) electrons. The van der Waals surface area contributed by atoms with Crippen molar-refractivity contribution < 1.29 is 67.5 Å². The van der Waals surface area contributed by atoms with E-state index in [-0.39, 0.29) is 51.1 Å². The number of nitrogens with two attached hydrogens (primary N) is 1. The van der Waals surface area contributed by atoms with E-state index in [1.54, 1.807) is 0 Å². The van der Waals surface area contributed by atoms with E-state index in [0.717, 1.165) is 6.07 Å². The Morgan fingerprint density at radius 3 is 1.55 bits per heavy atom. The van der Waals surface area contributed by atoms with Crippen LogP contribution in [0.2, 0.25) is 10.0 Å². The molecule has 2 aliphatic carbocycles. The SMILES string of the molecule is CC1(C)Cc2c(C(=O)Nc3ccc(F)c(Cl)c3)ccc(F)c2C1N.CNC(=O)NC1c2c(F)ccc(C(=O)Nc3ccc(F)c(Cl)c3)c2CC1(C)C.[La]. The Morgan fingerprint density at radius 1 is 0.679 bits per heavy atom. The van der Waals surface area contributed by atoms with E-state index in [2.05, 4.69) is 21.3 Å². The molecule has 0 aliphatic heterocycles. The molecule has 0 saturated heterocycles. The number of nitrogens with one attached hydrogen (secondary N) is 4. The van der Waals surface area contributed by atoms with Crippen molar-refractivity contribution in [2.24, 2.45) is 16.6 Å². The molecule has 2 atom stereocenters. The van der Waals surface area contributed by atoms with Gasteiger partial charge in [0.05, 0.1) is 16.1 Å². The molecule has 2 aliphatic rings. The van der Waals surface area contributed by atoms with Crippen LogP contribution in [0.4, 0.5) is 33.7 Å². The molecule has 277 valence electrons. The first kappa shape index (κ1) is 42.3. The van der Waals surface area contributed by atoms with Crippen molar-refractivity contribution in [1.29, 1.82) is 0 Å². The Labute approximate surface area is 342 Å². The standard InChI is InChI=1S/C20H20ClF2N3O2.C18H17ClF2N2O.La/c1-20(2)9-12-11(18(27)25-10-4-6-14(22)13(21)8-10)5-7-15(23)16(12)17(20)26-19(28)24-3;1-18(2)8-11-10(4-6-14(21)15(11)16(18)22)17(24)23-9-3-5-13(20)12(19)7-9;/h4-8,17H,9H2,1-3H3,(H,25,27)(H2,24,26,28);3-7,16H,8,22H2,1-2H3,(H,23,24);. The van der Waals surface area contributed by atoms with Crippen LogP contribution < -0.4 is 27.0 Å². The van der Waals surface area contributed by atoms with Crippen LogP contribution in [0.15, 0.2) is 60.7 Å². The van der Waals surface area contributed by atoms with Gasteiger partial charge in [-0.25, -0.2) is 22.4 Å². The van der Waals surface area contributed by atoms with Gasteiger partial charge in [0.1, 0.15) is 23.3 Å². The predicted molar refractivity (Wildman–Crippen MR) is 194 cm³/mol. The second-order valence-electron chi connectivity index (χ2n) is 14.1. The average Bonchev–Trinajstić information content (AvgIpc) is 3.48. The van der Waals surface area contributed by atoms with Gasteiger partial charge in [-0.05, 0) is 95.5 Å². The van der Waals surface area contributed by atoms with Gasteiger partial charge in [0, 0.05) is 82.3 Å². The van der Waals surface area contributed by atoms with Crippen molar-refractivity contribution in [3.05, 3.63) is 127 Å². The largest absolute Gasteiger partial charge is 0.341 e.